The van der Waals surface area contributed by atoms with Crippen molar-refractivity contribution in [2.24, 2.45) is 0 Å². The zero-order chi connectivity index (χ0) is 23.4. The molecule has 0 amide bonds. The molecule has 1 saturated heterocycles. The number of fused-ring (bicyclic) bond motifs is 8. The molecule has 0 spiro atoms. The standard InChI is InChI=1S/C26H18N4O4.Co/c31-23-19-12-17-9-7-15(28-17)10-14-6-8-16(27-14)11-18-20(13-4-2-1-3-5-13)24(32)21(29-18)25(33)22(30-19)26(23)34;/h1-12,27-30,32-33H;. The maximum absolute atomic E-state index is 12.7. The predicted molar refractivity (Wildman–Crippen MR) is 127 cm³/mol. The molecule has 0 unspecified atom stereocenters. The second kappa shape index (κ2) is 8.39. The number of H-pyrrole nitrogens is 3. The van der Waals surface area contributed by atoms with Crippen LogP contribution in [0.15, 0.2) is 66.0 Å². The van der Waals surface area contributed by atoms with Crippen molar-refractivity contribution in [3.63, 3.8) is 0 Å². The van der Waals surface area contributed by atoms with E-state index in [1.165, 1.54) is 6.08 Å². The van der Waals surface area contributed by atoms with Crippen molar-refractivity contribution in [2.75, 3.05) is 0 Å². The van der Waals surface area contributed by atoms with E-state index < -0.39 is 17.3 Å². The summed E-state index contributed by atoms with van der Waals surface area (Å²) in [5.41, 5.74) is 2.74. The number of aliphatic hydroxyl groups is 1. The molecule has 0 atom stereocenters. The van der Waals surface area contributed by atoms with Gasteiger partial charge in [0.15, 0.2) is 11.5 Å². The fraction of sp³-hybridized carbons (Fsp3) is 0. The molecule has 2 aliphatic rings. The molecule has 1 aromatic carbocycles. The van der Waals surface area contributed by atoms with Crippen molar-refractivity contribution in [2.45, 2.75) is 0 Å². The summed E-state index contributed by atoms with van der Waals surface area (Å²) < 4.78 is 0. The fourth-order valence-corrected chi connectivity index (χ4v) is 4.24. The predicted octanol–water partition coefficient (Wildman–Crippen LogP) is 2.02. The molecule has 35 heavy (non-hydrogen) atoms. The molecular formula is C26H18CoN4O4. The number of carbonyl (C=O) groups excluding carboxylic acids is 2. The third kappa shape index (κ3) is 3.72. The van der Waals surface area contributed by atoms with Crippen LogP contribution in [0.2, 0.25) is 0 Å². The van der Waals surface area contributed by atoms with Crippen molar-refractivity contribution < 1.29 is 36.6 Å². The number of aromatic hydroxyl groups is 1. The molecule has 1 radical (unpaired) electrons. The van der Waals surface area contributed by atoms with Crippen LogP contribution in [0.5, 0.6) is 5.75 Å². The minimum Gasteiger partial charge on any atom is -0.505 e. The molecule has 6 rings (SSSR count). The summed E-state index contributed by atoms with van der Waals surface area (Å²) in [6.07, 6.45) is 5.22. The third-order valence-electron chi connectivity index (χ3n) is 5.85. The van der Waals surface area contributed by atoms with E-state index in [1.807, 2.05) is 54.6 Å². The van der Waals surface area contributed by atoms with Crippen LogP contribution < -0.4 is 16.0 Å². The van der Waals surface area contributed by atoms with Crippen molar-refractivity contribution in [3.05, 3.63) is 99.5 Å². The van der Waals surface area contributed by atoms with Crippen LogP contribution in [-0.4, -0.2) is 36.7 Å². The van der Waals surface area contributed by atoms with Crippen molar-refractivity contribution in [1.29, 1.82) is 0 Å². The van der Waals surface area contributed by atoms with Gasteiger partial charge in [-0.05, 0) is 48.1 Å². The summed E-state index contributed by atoms with van der Waals surface area (Å²) in [4.78, 5) is 34.8. The monoisotopic (exact) mass is 509 g/mol. The Hall–Kier alpha value is -4.47. The number of hydrogen-bond donors (Lipinski definition) is 6. The number of hydrogen-bond acceptors (Lipinski definition) is 5. The first-order valence-electron chi connectivity index (χ1n) is 10.6. The maximum Gasteiger partial charge on any atom is 0.255 e. The number of benzene rings is 1. The first-order chi connectivity index (χ1) is 16.5. The van der Waals surface area contributed by atoms with Gasteiger partial charge in [-0.15, -0.1) is 0 Å². The molecule has 3 aromatic heterocycles. The van der Waals surface area contributed by atoms with E-state index in [9.17, 15) is 19.8 Å². The number of ketones is 2. The van der Waals surface area contributed by atoms with E-state index in [-0.39, 0.29) is 39.6 Å². The molecule has 175 valence electrons. The van der Waals surface area contributed by atoms with E-state index in [0.717, 1.165) is 16.4 Å². The van der Waals surface area contributed by atoms with Gasteiger partial charge in [0.2, 0.25) is 0 Å². The summed E-state index contributed by atoms with van der Waals surface area (Å²) in [7, 11) is 0. The van der Waals surface area contributed by atoms with E-state index in [2.05, 4.69) is 20.3 Å². The Balaban J connectivity index is 0.00000253. The molecule has 2 aliphatic heterocycles. The van der Waals surface area contributed by atoms with Crippen LogP contribution in [0.1, 0.15) is 22.8 Å². The molecule has 1 fully saturated rings. The molecule has 0 aliphatic carbocycles. The van der Waals surface area contributed by atoms with Gasteiger partial charge in [0.25, 0.3) is 11.6 Å². The normalized spacial score (nSPS) is 14.6. The summed E-state index contributed by atoms with van der Waals surface area (Å²) in [6, 6.07) is 16.6. The Bertz CT molecular complexity index is 1690. The molecule has 6 N–H and O–H groups in total. The van der Waals surface area contributed by atoms with Crippen molar-refractivity contribution in [1.82, 2.24) is 20.3 Å². The molecular weight excluding hydrogens is 491 g/mol. The molecule has 8 bridgehead atoms. The van der Waals surface area contributed by atoms with Crippen LogP contribution in [0.3, 0.4) is 0 Å². The van der Waals surface area contributed by atoms with Gasteiger partial charge >= 0.3 is 0 Å². The largest absolute Gasteiger partial charge is 0.505 e. The zero-order valence-electron chi connectivity index (χ0n) is 18.0. The van der Waals surface area contributed by atoms with Gasteiger partial charge in [0.05, 0.1) is 11.4 Å². The zero-order valence-corrected chi connectivity index (χ0v) is 19.0. The number of aliphatic hydroxyl groups excluding tert-OH is 1. The van der Waals surface area contributed by atoms with Gasteiger partial charge in [0.1, 0.15) is 11.4 Å². The van der Waals surface area contributed by atoms with Crippen LogP contribution in [0.25, 0.3) is 35.1 Å². The molecule has 5 heterocycles. The third-order valence-corrected chi connectivity index (χ3v) is 5.85. The minimum absolute atomic E-state index is 0. The number of nitrogens with one attached hydrogen (secondary N) is 4. The number of rotatable bonds is 1. The number of carbonyl (C=O) groups is 2. The van der Waals surface area contributed by atoms with Gasteiger partial charge in [-0.3, -0.25) is 9.59 Å². The van der Waals surface area contributed by atoms with E-state index >= 15 is 0 Å². The topological polar surface area (TPSA) is 134 Å². The van der Waals surface area contributed by atoms with E-state index in [0.29, 0.717) is 22.5 Å². The molecule has 8 nitrogen and oxygen atoms in total. The second-order valence-electron chi connectivity index (χ2n) is 8.09. The minimum atomic E-state index is -0.888. The molecule has 9 heteroatoms. The van der Waals surface area contributed by atoms with Crippen LogP contribution in [0, 0.1) is 0 Å². The Kier molecular flexibility index (Phi) is 5.35. The Morgan fingerprint density at radius 3 is 2.11 bits per heavy atom. The Labute approximate surface area is 208 Å². The molecule has 0 saturated carbocycles. The maximum atomic E-state index is 12.7. The van der Waals surface area contributed by atoms with Crippen LogP contribution in [0.4, 0.5) is 0 Å². The van der Waals surface area contributed by atoms with Gasteiger partial charge in [-0.25, -0.2) is 0 Å². The first kappa shape index (κ1) is 22.3. The smallest absolute Gasteiger partial charge is 0.255 e. The van der Waals surface area contributed by atoms with Crippen LogP contribution in [-0.2, 0) is 26.4 Å². The molecule has 4 aromatic rings. The Morgan fingerprint density at radius 1 is 0.686 bits per heavy atom. The fourth-order valence-electron chi connectivity index (χ4n) is 4.24. The average Bonchev–Trinajstić information content (AvgIpc) is 3.59. The number of Topliss-reactive ketones (excluding diaryl/α,β-unsaturated/α-hetero) is 2. The Morgan fingerprint density at radius 2 is 1.37 bits per heavy atom. The van der Waals surface area contributed by atoms with Crippen molar-refractivity contribution in [3.8, 4) is 16.9 Å². The van der Waals surface area contributed by atoms with Gasteiger partial charge in [0, 0.05) is 44.4 Å². The van der Waals surface area contributed by atoms with E-state index in [1.54, 1.807) is 12.1 Å². The average molecular weight is 509 g/mol. The van der Waals surface area contributed by atoms with Gasteiger partial charge in [-0.2, -0.15) is 0 Å². The summed E-state index contributed by atoms with van der Waals surface area (Å²) in [6.45, 7) is 0. The summed E-state index contributed by atoms with van der Waals surface area (Å²) >= 11 is 0. The van der Waals surface area contributed by atoms with Gasteiger partial charge < -0.3 is 30.5 Å². The number of allylic oxidation sites excluding steroid dienone is 2. The number of aromatic amines is 3. The summed E-state index contributed by atoms with van der Waals surface area (Å²) in [5, 5.41) is 26.4. The summed E-state index contributed by atoms with van der Waals surface area (Å²) in [5.74, 6) is -2.45. The quantitative estimate of drug-likeness (QED) is 0.219. The first-order valence-corrected chi connectivity index (χ1v) is 10.6. The van der Waals surface area contributed by atoms with Gasteiger partial charge in [-0.1, -0.05) is 30.3 Å². The number of aromatic nitrogens is 3. The second-order valence-corrected chi connectivity index (χ2v) is 8.09. The van der Waals surface area contributed by atoms with E-state index in [4.69, 9.17) is 0 Å². The van der Waals surface area contributed by atoms with Crippen molar-refractivity contribution >= 4 is 35.6 Å². The SMILES string of the molecule is O=C1C(=O)C2=C(O)c3[nH]c(c(-c4ccccc4)c3O)C=c3ccc([nH]3)=Cc3ccc([nH]3)C=C1N2.[Co]. The van der Waals surface area contributed by atoms with Crippen LogP contribution >= 0.6 is 0 Å².